The maximum absolute atomic E-state index is 14.4. The topological polar surface area (TPSA) is 99.1 Å². The van der Waals surface area contributed by atoms with Crippen LogP contribution < -0.4 is 22.3 Å². The minimum Gasteiger partial charge on any atom is -0.398 e. The van der Waals surface area contributed by atoms with Gasteiger partial charge in [-0.3, -0.25) is 14.2 Å². The number of nitrogens with one attached hydrogen (secondary N) is 1. The number of aromatic nitrogens is 2. The second kappa shape index (κ2) is 7.56. The number of rotatable bonds is 3. The summed E-state index contributed by atoms with van der Waals surface area (Å²) in [7, 11) is 2.73. The normalized spacial score (nSPS) is 10.8. The number of halogens is 2. The van der Waals surface area contributed by atoms with Gasteiger partial charge in [0.1, 0.15) is 11.4 Å². The van der Waals surface area contributed by atoms with Gasteiger partial charge in [-0.05, 0) is 36.2 Å². The number of benzene rings is 2. The summed E-state index contributed by atoms with van der Waals surface area (Å²) >= 11 is 6.20. The minimum atomic E-state index is -0.718. The Morgan fingerprint density at radius 2 is 1.86 bits per heavy atom. The molecule has 0 bridgehead atoms. The lowest BCUT2D eigenvalue weighted by molar-refractivity contribution is 0.102. The number of anilines is 2. The van der Waals surface area contributed by atoms with Crippen LogP contribution in [0, 0.1) is 12.7 Å². The van der Waals surface area contributed by atoms with Crippen LogP contribution in [0.2, 0.25) is 5.02 Å². The van der Waals surface area contributed by atoms with Crippen LogP contribution in [0.25, 0.3) is 11.1 Å². The quantitative estimate of drug-likeness (QED) is 0.641. The van der Waals surface area contributed by atoms with E-state index in [2.05, 4.69) is 5.32 Å². The molecule has 0 spiro atoms. The van der Waals surface area contributed by atoms with Crippen molar-refractivity contribution >= 4 is 28.9 Å². The van der Waals surface area contributed by atoms with Crippen molar-refractivity contribution in [1.82, 2.24) is 9.13 Å². The molecule has 0 saturated heterocycles. The molecule has 3 N–H and O–H groups in total. The van der Waals surface area contributed by atoms with Gasteiger partial charge in [0, 0.05) is 31.5 Å². The van der Waals surface area contributed by atoms with Crippen LogP contribution in [-0.2, 0) is 14.1 Å². The van der Waals surface area contributed by atoms with Crippen molar-refractivity contribution in [1.29, 1.82) is 0 Å². The molecule has 3 aromatic rings. The smallest absolute Gasteiger partial charge is 0.330 e. The molecular weight excluding hydrogens is 399 g/mol. The van der Waals surface area contributed by atoms with E-state index in [1.165, 1.54) is 32.4 Å². The van der Waals surface area contributed by atoms with Crippen LogP contribution in [0.4, 0.5) is 15.8 Å². The molecule has 1 aromatic heterocycles. The van der Waals surface area contributed by atoms with Gasteiger partial charge in [-0.1, -0.05) is 23.7 Å². The Kier molecular flexibility index (Phi) is 5.30. The molecule has 1 heterocycles. The fraction of sp³-hybridized carbons (Fsp3) is 0.150. The Labute approximate surface area is 170 Å². The molecule has 7 nitrogen and oxygen atoms in total. The summed E-state index contributed by atoms with van der Waals surface area (Å²) in [6.45, 7) is 1.68. The summed E-state index contributed by atoms with van der Waals surface area (Å²) in [5.41, 5.74) is 6.03. The molecule has 150 valence electrons. The van der Waals surface area contributed by atoms with E-state index in [0.29, 0.717) is 16.8 Å². The van der Waals surface area contributed by atoms with Gasteiger partial charge in [0.25, 0.3) is 11.5 Å². The number of hydrogen-bond acceptors (Lipinski definition) is 4. The summed E-state index contributed by atoms with van der Waals surface area (Å²) in [5, 5.41) is 2.71. The van der Waals surface area contributed by atoms with E-state index >= 15 is 0 Å². The number of carbonyl (C=O) groups is 1. The maximum atomic E-state index is 14.4. The molecule has 2 aromatic carbocycles. The summed E-state index contributed by atoms with van der Waals surface area (Å²) in [6, 6.07) is 7.48. The molecule has 3 rings (SSSR count). The molecule has 0 fully saturated rings. The number of nitrogens with zero attached hydrogens (tertiary/aromatic N) is 2. The Balaban J connectivity index is 2.07. The minimum absolute atomic E-state index is 0.0727. The van der Waals surface area contributed by atoms with Gasteiger partial charge in [0.05, 0.1) is 10.7 Å². The van der Waals surface area contributed by atoms with Crippen LogP contribution in [0.3, 0.4) is 0 Å². The first-order chi connectivity index (χ1) is 13.6. The first kappa shape index (κ1) is 20.3. The average molecular weight is 417 g/mol. The maximum Gasteiger partial charge on any atom is 0.330 e. The third kappa shape index (κ3) is 3.54. The number of aryl methyl sites for hydroxylation is 1. The molecule has 0 aliphatic rings. The number of hydrogen-bond donors (Lipinski definition) is 2. The highest BCUT2D eigenvalue weighted by atomic mass is 35.5. The van der Waals surface area contributed by atoms with Crippen molar-refractivity contribution in [3.05, 3.63) is 79.3 Å². The molecule has 0 atom stereocenters. The Morgan fingerprint density at radius 3 is 2.55 bits per heavy atom. The molecule has 29 heavy (non-hydrogen) atoms. The molecule has 0 radical (unpaired) electrons. The zero-order valence-corrected chi connectivity index (χ0v) is 16.7. The lowest BCUT2D eigenvalue weighted by atomic mass is 9.98. The second-order valence-electron chi connectivity index (χ2n) is 6.56. The van der Waals surface area contributed by atoms with Gasteiger partial charge in [-0.25, -0.2) is 9.18 Å². The van der Waals surface area contributed by atoms with E-state index < -0.39 is 23.0 Å². The van der Waals surface area contributed by atoms with Crippen LogP contribution >= 0.6 is 11.6 Å². The summed E-state index contributed by atoms with van der Waals surface area (Å²) in [6.07, 6.45) is 1.17. The third-order valence-corrected chi connectivity index (χ3v) is 5.07. The average Bonchev–Trinajstić information content (AvgIpc) is 2.68. The zero-order chi connectivity index (χ0) is 21.5. The highest BCUT2D eigenvalue weighted by Crippen LogP contribution is 2.38. The Hall–Kier alpha value is -3.39. The molecule has 0 aliphatic carbocycles. The molecule has 1 amide bonds. The van der Waals surface area contributed by atoms with Crippen molar-refractivity contribution < 1.29 is 9.18 Å². The SMILES string of the molecule is Cc1c(NC(=O)c2cn(C)c(=O)n(C)c2=O)cccc1-c1c(F)ccc(N)c1Cl. The number of carbonyl (C=O) groups excluding carboxylic acids is 1. The molecule has 0 unspecified atom stereocenters. The fourth-order valence-electron chi connectivity index (χ4n) is 3.01. The van der Waals surface area contributed by atoms with Gasteiger partial charge in [-0.2, -0.15) is 0 Å². The third-order valence-electron chi connectivity index (χ3n) is 4.66. The standard InChI is InChI=1S/C20H18ClFN4O3/c1-10-11(16-13(22)7-8-14(23)17(16)21)5-4-6-15(10)24-18(27)12-9-25(2)20(29)26(3)19(12)28/h4-9H,23H2,1-3H3,(H,24,27). The van der Waals surface area contributed by atoms with E-state index in [1.807, 2.05) is 0 Å². The predicted molar refractivity (Wildman–Crippen MR) is 111 cm³/mol. The van der Waals surface area contributed by atoms with E-state index in [-0.39, 0.29) is 21.8 Å². The van der Waals surface area contributed by atoms with Gasteiger partial charge < -0.3 is 15.6 Å². The number of nitrogen functional groups attached to an aromatic ring is 1. The highest BCUT2D eigenvalue weighted by molar-refractivity contribution is 6.36. The lowest BCUT2D eigenvalue weighted by Crippen LogP contribution is -2.40. The van der Waals surface area contributed by atoms with Crippen LogP contribution in [0.15, 0.2) is 46.1 Å². The largest absolute Gasteiger partial charge is 0.398 e. The van der Waals surface area contributed by atoms with Gasteiger partial charge in [0.2, 0.25) is 0 Å². The van der Waals surface area contributed by atoms with Gasteiger partial charge in [-0.15, -0.1) is 0 Å². The first-order valence-corrected chi connectivity index (χ1v) is 8.92. The summed E-state index contributed by atoms with van der Waals surface area (Å²) in [5.74, 6) is -1.25. The number of amides is 1. The fourth-order valence-corrected chi connectivity index (χ4v) is 3.27. The molecular formula is C20H18ClFN4O3. The lowest BCUT2D eigenvalue weighted by Gasteiger charge is -2.15. The van der Waals surface area contributed by atoms with E-state index in [4.69, 9.17) is 17.3 Å². The number of nitrogens with two attached hydrogens (primary N) is 1. The van der Waals surface area contributed by atoms with Gasteiger partial charge >= 0.3 is 5.69 Å². The second-order valence-corrected chi connectivity index (χ2v) is 6.94. The molecule has 0 aliphatic heterocycles. The summed E-state index contributed by atoms with van der Waals surface area (Å²) < 4.78 is 16.4. The van der Waals surface area contributed by atoms with E-state index in [1.54, 1.807) is 25.1 Å². The molecule has 9 heteroatoms. The first-order valence-electron chi connectivity index (χ1n) is 8.55. The van der Waals surface area contributed by atoms with Crippen molar-refractivity contribution in [2.45, 2.75) is 6.92 Å². The van der Waals surface area contributed by atoms with Crippen molar-refractivity contribution in [3.63, 3.8) is 0 Å². The monoisotopic (exact) mass is 416 g/mol. The zero-order valence-electron chi connectivity index (χ0n) is 15.9. The van der Waals surface area contributed by atoms with E-state index in [0.717, 1.165) is 9.13 Å². The van der Waals surface area contributed by atoms with Crippen molar-refractivity contribution in [2.75, 3.05) is 11.1 Å². The Bertz CT molecular complexity index is 1260. The summed E-state index contributed by atoms with van der Waals surface area (Å²) in [4.78, 5) is 36.8. The van der Waals surface area contributed by atoms with Crippen LogP contribution in [-0.4, -0.2) is 15.0 Å². The van der Waals surface area contributed by atoms with Crippen LogP contribution in [0.1, 0.15) is 15.9 Å². The van der Waals surface area contributed by atoms with E-state index in [9.17, 15) is 18.8 Å². The van der Waals surface area contributed by atoms with Crippen molar-refractivity contribution in [2.24, 2.45) is 14.1 Å². The van der Waals surface area contributed by atoms with Gasteiger partial charge in [0.15, 0.2) is 0 Å². The predicted octanol–water partition coefficient (Wildman–Crippen LogP) is 2.69. The van der Waals surface area contributed by atoms with Crippen LogP contribution in [0.5, 0.6) is 0 Å². The van der Waals surface area contributed by atoms with Crippen molar-refractivity contribution in [3.8, 4) is 11.1 Å². The molecule has 0 saturated carbocycles. The highest BCUT2D eigenvalue weighted by Gasteiger charge is 2.19. The Morgan fingerprint density at radius 1 is 1.17 bits per heavy atom.